The minimum atomic E-state index is -0.179. The molecule has 5 rings (SSSR count). The molecule has 1 saturated heterocycles. The van der Waals surface area contributed by atoms with Crippen LogP contribution in [-0.2, 0) is 17.9 Å². The number of H-pyrrole nitrogens is 1. The number of fused-ring (bicyclic) bond motifs is 1. The van der Waals surface area contributed by atoms with E-state index in [9.17, 15) is 9.59 Å². The second-order valence-electron chi connectivity index (χ2n) is 7.59. The summed E-state index contributed by atoms with van der Waals surface area (Å²) in [6.45, 7) is 2.59. The van der Waals surface area contributed by atoms with Gasteiger partial charge in [-0.3, -0.25) is 9.59 Å². The Bertz CT molecular complexity index is 1090. The fraction of sp³-hybridized carbons (Fsp3) is 0.333. The number of hydrogen-bond donors (Lipinski definition) is 1. The van der Waals surface area contributed by atoms with Crippen LogP contribution in [0.1, 0.15) is 38.3 Å². The molecule has 0 spiro atoms. The Hall–Kier alpha value is -3.17. The van der Waals surface area contributed by atoms with Gasteiger partial charge in [0, 0.05) is 37.4 Å². The molecule has 0 saturated carbocycles. The Balaban J connectivity index is 1.24. The largest absolute Gasteiger partial charge is 0.365 e. The monoisotopic (exact) mass is 440 g/mol. The predicted molar refractivity (Wildman–Crippen MR) is 112 cm³/mol. The lowest BCUT2D eigenvalue weighted by Crippen LogP contribution is -2.51. The highest BCUT2D eigenvalue weighted by Crippen LogP contribution is 2.28. The molecule has 4 heterocycles. The van der Waals surface area contributed by atoms with Crippen molar-refractivity contribution in [1.29, 1.82) is 0 Å². The average molecular weight is 441 g/mol. The zero-order valence-electron chi connectivity index (χ0n) is 16.7. The molecule has 31 heavy (non-hydrogen) atoms. The van der Waals surface area contributed by atoms with Crippen LogP contribution >= 0.6 is 11.6 Å². The number of ether oxygens (including phenoxy) is 1. The molecular weight excluding hydrogens is 420 g/mol. The van der Waals surface area contributed by atoms with Crippen molar-refractivity contribution in [2.24, 2.45) is 0 Å². The van der Waals surface area contributed by atoms with E-state index in [1.807, 2.05) is 24.3 Å². The average Bonchev–Trinajstić information content (AvgIpc) is 3.49. The standard InChI is InChI=1S/C21H21ClN6O3/c22-15-5-3-14(4-6-15)18-12-28-17(13-31-18)19(24-25-28)21(30)27-10-8-26(9-11-27)20(29)16-2-1-7-23-16/h1-7,18,23H,8-13H2/t18-/m0/s1. The zero-order valence-corrected chi connectivity index (χ0v) is 17.5. The predicted octanol–water partition coefficient (Wildman–Crippen LogP) is 2.13. The van der Waals surface area contributed by atoms with Crippen LogP contribution in [0.25, 0.3) is 0 Å². The molecule has 1 aromatic carbocycles. The number of carbonyl (C=O) groups is 2. The van der Waals surface area contributed by atoms with Crippen molar-refractivity contribution in [3.63, 3.8) is 0 Å². The number of rotatable bonds is 3. The third kappa shape index (κ3) is 3.82. The lowest BCUT2D eigenvalue weighted by Gasteiger charge is -2.34. The van der Waals surface area contributed by atoms with Gasteiger partial charge in [-0.25, -0.2) is 4.68 Å². The molecule has 2 aliphatic heterocycles. The molecule has 0 radical (unpaired) electrons. The fourth-order valence-electron chi connectivity index (χ4n) is 3.95. The van der Waals surface area contributed by atoms with Crippen LogP contribution in [0.2, 0.25) is 5.02 Å². The minimum Gasteiger partial charge on any atom is -0.365 e. The molecule has 0 unspecified atom stereocenters. The maximum absolute atomic E-state index is 13.1. The Labute approximate surface area is 183 Å². The molecular formula is C21H21ClN6O3. The van der Waals surface area contributed by atoms with Gasteiger partial charge >= 0.3 is 0 Å². The lowest BCUT2D eigenvalue weighted by molar-refractivity contribution is -0.00202. The Morgan fingerprint density at radius 3 is 2.42 bits per heavy atom. The second-order valence-corrected chi connectivity index (χ2v) is 8.02. The van der Waals surface area contributed by atoms with Gasteiger partial charge in [0.05, 0.1) is 18.8 Å². The van der Waals surface area contributed by atoms with Crippen LogP contribution in [0, 0.1) is 0 Å². The van der Waals surface area contributed by atoms with Crippen molar-refractivity contribution < 1.29 is 14.3 Å². The van der Waals surface area contributed by atoms with Gasteiger partial charge in [0.1, 0.15) is 11.8 Å². The first kappa shape index (κ1) is 19.8. The maximum Gasteiger partial charge on any atom is 0.276 e. The van der Waals surface area contributed by atoms with E-state index >= 15 is 0 Å². The molecule has 0 bridgehead atoms. The quantitative estimate of drug-likeness (QED) is 0.673. The van der Waals surface area contributed by atoms with E-state index in [0.29, 0.717) is 54.8 Å². The molecule has 10 heteroatoms. The smallest absolute Gasteiger partial charge is 0.276 e. The molecule has 1 atom stereocenters. The summed E-state index contributed by atoms with van der Waals surface area (Å²) < 4.78 is 7.72. The van der Waals surface area contributed by atoms with Crippen molar-refractivity contribution in [1.82, 2.24) is 29.8 Å². The van der Waals surface area contributed by atoms with Gasteiger partial charge in [-0.1, -0.05) is 28.9 Å². The topological polar surface area (TPSA) is 96.4 Å². The van der Waals surface area contributed by atoms with Crippen molar-refractivity contribution in [2.75, 3.05) is 26.2 Å². The van der Waals surface area contributed by atoms with Gasteiger partial charge in [0.15, 0.2) is 5.69 Å². The third-order valence-corrected chi connectivity index (χ3v) is 5.98. The molecule has 0 aliphatic carbocycles. The molecule has 2 amide bonds. The molecule has 160 valence electrons. The van der Waals surface area contributed by atoms with Gasteiger partial charge in [-0.15, -0.1) is 5.10 Å². The minimum absolute atomic E-state index is 0.0558. The first-order valence-corrected chi connectivity index (χ1v) is 10.5. The summed E-state index contributed by atoms with van der Waals surface area (Å²) >= 11 is 5.96. The number of nitrogens with one attached hydrogen (secondary N) is 1. The summed E-state index contributed by atoms with van der Waals surface area (Å²) in [7, 11) is 0. The number of piperazine rings is 1. The van der Waals surface area contributed by atoms with Crippen LogP contribution in [0.4, 0.5) is 0 Å². The van der Waals surface area contributed by atoms with Crippen molar-refractivity contribution in [2.45, 2.75) is 19.3 Å². The Morgan fingerprint density at radius 2 is 1.74 bits per heavy atom. The summed E-state index contributed by atoms with van der Waals surface area (Å²) in [5, 5.41) is 9.00. The maximum atomic E-state index is 13.1. The third-order valence-electron chi connectivity index (χ3n) is 5.72. The van der Waals surface area contributed by atoms with Crippen molar-refractivity contribution in [3.05, 3.63) is 70.3 Å². The highest BCUT2D eigenvalue weighted by atomic mass is 35.5. The van der Waals surface area contributed by atoms with Gasteiger partial charge in [-0.2, -0.15) is 0 Å². The van der Waals surface area contributed by atoms with Gasteiger partial charge in [0.25, 0.3) is 11.8 Å². The first-order valence-electron chi connectivity index (χ1n) is 10.1. The lowest BCUT2D eigenvalue weighted by atomic mass is 10.1. The number of amides is 2. The van der Waals surface area contributed by atoms with E-state index in [-0.39, 0.29) is 24.5 Å². The normalized spacial score (nSPS) is 18.7. The number of aromatic nitrogens is 4. The van der Waals surface area contributed by atoms with Crippen molar-refractivity contribution >= 4 is 23.4 Å². The van der Waals surface area contributed by atoms with E-state index in [1.54, 1.807) is 32.8 Å². The molecule has 1 fully saturated rings. The first-order chi connectivity index (χ1) is 15.1. The number of nitrogens with zero attached hydrogens (tertiary/aromatic N) is 5. The summed E-state index contributed by atoms with van der Waals surface area (Å²) in [6.07, 6.45) is 1.55. The van der Waals surface area contributed by atoms with Crippen LogP contribution in [0.5, 0.6) is 0 Å². The van der Waals surface area contributed by atoms with E-state index in [4.69, 9.17) is 16.3 Å². The van der Waals surface area contributed by atoms with E-state index in [0.717, 1.165) is 5.56 Å². The van der Waals surface area contributed by atoms with Gasteiger partial charge in [-0.05, 0) is 29.8 Å². The number of aromatic amines is 1. The highest BCUT2D eigenvalue weighted by Gasteiger charge is 2.32. The number of benzene rings is 1. The number of halogens is 1. The summed E-state index contributed by atoms with van der Waals surface area (Å²) in [4.78, 5) is 31.9. The van der Waals surface area contributed by atoms with Gasteiger partial charge in [0.2, 0.25) is 0 Å². The molecule has 2 aliphatic rings. The number of carbonyl (C=O) groups excluding carboxylic acids is 2. The second kappa shape index (κ2) is 8.16. The van der Waals surface area contributed by atoms with Gasteiger partial charge < -0.3 is 19.5 Å². The molecule has 2 aromatic heterocycles. The van der Waals surface area contributed by atoms with Crippen LogP contribution in [0.3, 0.4) is 0 Å². The van der Waals surface area contributed by atoms with Crippen molar-refractivity contribution in [3.8, 4) is 0 Å². The van der Waals surface area contributed by atoms with Crippen LogP contribution in [0.15, 0.2) is 42.6 Å². The van der Waals surface area contributed by atoms with E-state index < -0.39 is 0 Å². The summed E-state index contributed by atoms with van der Waals surface area (Å²) in [5.74, 6) is -0.235. The van der Waals surface area contributed by atoms with E-state index in [1.165, 1.54) is 0 Å². The summed E-state index contributed by atoms with van der Waals surface area (Å²) in [6, 6.07) is 11.0. The van der Waals surface area contributed by atoms with E-state index in [2.05, 4.69) is 15.3 Å². The van der Waals surface area contributed by atoms with Crippen LogP contribution in [-0.4, -0.2) is 67.8 Å². The molecule has 3 aromatic rings. The fourth-order valence-corrected chi connectivity index (χ4v) is 4.08. The zero-order chi connectivity index (χ0) is 21.4. The Kier molecular flexibility index (Phi) is 5.21. The van der Waals surface area contributed by atoms with Crippen LogP contribution < -0.4 is 0 Å². The molecule has 9 nitrogen and oxygen atoms in total. The summed E-state index contributed by atoms with van der Waals surface area (Å²) in [5.41, 5.74) is 2.56. The number of hydrogen-bond acceptors (Lipinski definition) is 5. The highest BCUT2D eigenvalue weighted by molar-refractivity contribution is 6.30. The Morgan fingerprint density at radius 1 is 1.03 bits per heavy atom. The SMILES string of the molecule is O=C(c1ccc[nH]1)N1CCN(C(=O)c2nnn3c2CO[C@H](c2ccc(Cl)cc2)C3)CC1. The molecule has 1 N–H and O–H groups in total.